The first-order valence-electron chi connectivity index (χ1n) is 5.20. The number of halogens is 1. The minimum absolute atomic E-state index is 0.0978. The van der Waals surface area contributed by atoms with E-state index in [1.165, 1.54) is 5.56 Å². The van der Waals surface area contributed by atoms with E-state index in [4.69, 9.17) is 11.6 Å². The van der Waals surface area contributed by atoms with E-state index >= 15 is 0 Å². The number of aryl methyl sites for hydroxylation is 1. The van der Waals surface area contributed by atoms with Gasteiger partial charge in [0.05, 0.1) is 5.38 Å². The standard InChI is InChI=1S/C12H19ClN2/c1-9-5-6-11(14-7-9)15-8-10(13)12(2,3)4/h5-7,10H,8H2,1-4H3,(H,14,15). The number of hydrogen-bond donors (Lipinski definition) is 1. The van der Waals surface area contributed by atoms with Gasteiger partial charge in [0.25, 0.3) is 0 Å². The molecule has 0 aromatic carbocycles. The fourth-order valence-corrected chi connectivity index (χ4v) is 1.15. The molecule has 0 saturated carbocycles. The quantitative estimate of drug-likeness (QED) is 0.799. The van der Waals surface area contributed by atoms with E-state index in [2.05, 4.69) is 31.1 Å². The Morgan fingerprint density at radius 3 is 2.53 bits per heavy atom. The number of pyridine rings is 1. The third kappa shape index (κ3) is 4.08. The maximum absolute atomic E-state index is 6.25. The third-order valence-corrected chi connectivity index (χ3v) is 3.12. The van der Waals surface area contributed by atoms with Crippen molar-refractivity contribution >= 4 is 17.4 Å². The van der Waals surface area contributed by atoms with Crippen LogP contribution in [0.25, 0.3) is 0 Å². The summed E-state index contributed by atoms with van der Waals surface area (Å²) < 4.78 is 0. The van der Waals surface area contributed by atoms with Gasteiger partial charge in [0, 0.05) is 12.7 Å². The van der Waals surface area contributed by atoms with Crippen LogP contribution in [0.2, 0.25) is 0 Å². The van der Waals surface area contributed by atoms with Crippen LogP contribution < -0.4 is 5.32 Å². The Labute approximate surface area is 97.1 Å². The molecule has 1 N–H and O–H groups in total. The van der Waals surface area contributed by atoms with Gasteiger partial charge in [-0.1, -0.05) is 26.8 Å². The van der Waals surface area contributed by atoms with E-state index in [0.717, 1.165) is 12.4 Å². The van der Waals surface area contributed by atoms with Crippen LogP contribution in [-0.2, 0) is 0 Å². The second kappa shape index (κ2) is 4.84. The minimum Gasteiger partial charge on any atom is -0.369 e. The smallest absolute Gasteiger partial charge is 0.125 e. The average Bonchev–Trinajstić information content (AvgIpc) is 2.15. The zero-order valence-electron chi connectivity index (χ0n) is 9.84. The molecule has 1 rings (SSSR count). The van der Waals surface area contributed by atoms with Crippen molar-refractivity contribution in [2.75, 3.05) is 11.9 Å². The topological polar surface area (TPSA) is 24.9 Å². The number of alkyl halides is 1. The lowest BCUT2D eigenvalue weighted by molar-refractivity contribution is 0.397. The molecule has 1 heterocycles. The lowest BCUT2D eigenvalue weighted by atomic mass is 9.92. The molecule has 0 bridgehead atoms. The highest BCUT2D eigenvalue weighted by Crippen LogP contribution is 2.24. The van der Waals surface area contributed by atoms with Crippen molar-refractivity contribution in [3.05, 3.63) is 23.9 Å². The molecule has 0 amide bonds. The maximum atomic E-state index is 6.25. The molecular weight excluding hydrogens is 208 g/mol. The largest absolute Gasteiger partial charge is 0.369 e. The van der Waals surface area contributed by atoms with Gasteiger partial charge in [0.1, 0.15) is 5.82 Å². The molecule has 0 fully saturated rings. The monoisotopic (exact) mass is 226 g/mol. The molecule has 1 aromatic heterocycles. The number of nitrogens with zero attached hydrogens (tertiary/aromatic N) is 1. The van der Waals surface area contributed by atoms with Crippen LogP contribution in [0.1, 0.15) is 26.3 Å². The van der Waals surface area contributed by atoms with Gasteiger partial charge in [-0.25, -0.2) is 4.98 Å². The summed E-state index contributed by atoms with van der Waals surface area (Å²) in [6, 6.07) is 4.01. The van der Waals surface area contributed by atoms with Crippen LogP contribution in [0.3, 0.4) is 0 Å². The van der Waals surface area contributed by atoms with Crippen molar-refractivity contribution < 1.29 is 0 Å². The molecule has 0 spiro atoms. The Balaban J connectivity index is 2.47. The van der Waals surface area contributed by atoms with Gasteiger partial charge in [-0.05, 0) is 24.0 Å². The summed E-state index contributed by atoms with van der Waals surface area (Å²) in [5.74, 6) is 0.885. The van der Waals surface area contributed by atoms with Crippen molar-refractivity contribution in [1.29, 1.82) is 0 Å². The fraction of sp³-hybridized carbons (Fsp3) is 0.583. The molecule has 0 radical (unpaired) electrons. The van der Waals surface area contributed by atoms with Crippen LogP contribution in [0.5, 0.6) is 0 Å². The molecule has 1 unspecified atom stereocenters. The van der Waals surface area contributed by atoms with Crippen molar-refractivity contribution in [3.63, 3.8) is 0 Å². The number of aromatic nitrogens is 1. The Hall–Kier alpha value is -0.760. The number of hydrogen-bond acceptors (Lipinski definition) is 2. The summed E-state index contributed by atoms with van der Waals surface area (Å²) in [6.45, 7) is 9.16. The van der Waals surface area contributed by atoms with Gasteiger partial charge >= 0.3 is 0 Å². The van der Waals surface area contributed by atoms with Crippen molar-refractivity contribution in [1.82, 2.24) is 4.98 Å². The van der Waals surface area contributed by atoms with Gasteiger partial charge in [-0.15, -0.1) is 11.6 Å². The Bertz CT molecular complexity index is 300. The SMILES string of the molecule is Cc1ccc(NCC(Cl)C(C)(C)C)nc1. The Morgan fingerprint density at radius 2 is 2.07 bits per heavy atom. The first-order chi connectivity index (χ1) is 6.89. The van der Waals surface area contributed by atoms with Crippen LogP contribution >= 0.6 is 11.6 Å². The molecule has 1 aromatic rings. The lowest BCUT2D eigenvalue weighted by Gasteiger charge is -2.25. The second-order valence-electron chi connectivity index (χ2n) is 4.94. The summed E-state index contributed by atoms with van der Waals surface area (Å²) in [4.78, 5) is 4.26. The zero-order valence-corrected chi connectivity index (χ0v) is 10.6. The number of nitrogens with one attached hydrogen (secondary N) is 1. The van der Waals surface area contributed by atoms with E-state index in [1.54, 1.807) is 0 Å². The highest BCUT2D eigenvalue weighted by Gasteiger charge is 2.21. The fourth-order valence-electron chi connectivity index (χ4n) is 1.07. The highest BCUT2D eigenvalue weighted by atomic mass is 35.5. The van der Waals surface area contributed by atoms with Crippen LogP contribution in [0, 0.1) is 12.3 Å². The van der Waals surface area contributed by atoms with Crippen LogP contribution in [0.15, 0.2) is 18.3 Å². The summed E-state index contributed by atoms with van der Waals surface area (Å²) in [5, 5.41) is 3.33. The van der Waals surface area contributed by atoms with Gasteiger partial charge in [0.15, 0.2) is 0 Å². The average molecular weight is 227 g/mol. The van der Waals surface area contributed by atoms with Crippen molar-refractivity contribution in [2.45, 2.75) is 33.1 Å². The molecule has 1 atom stereocenters. The van der Waals surface area contributed by atoms with E-state index in [9.17, 15) is 0 Å². The number of anilines is 1. The van der Waals surface area contributed by atoms with Gasteiger partial charge in [0.2, 0.25) is 0 Å². The molecule has 0 aliphatic rings. The molecule has 3 heteroatoms. The molecular formula is C12H19ClN2. The zero-order chi connectivity index (χ0) is 11.5. The Kier molecular flexibility index (Phi) is 3.97. The van der Waals surface area contributed by atoms with Gasteiger partial charge in [-0.2, -0.15) is 0 Å². The molecule has 15 heavy (non-hydrogen) atoms. The molecule has 2 nitrogen and oxygen atoms in total. The normalized spacial score (nSPS) is 13.7. The predicted molar refractivity (Wildman–Crippen MR) is 66.6 cm³/mol. The Morgan fingerprint density at radius 1 is 1.40 bits per heavy atom. The summed E-state index contributed by atoms with van der Waals surface area (Å²) in [7, 11) is 0. The summed E-state index contributed by atoms with van der Waals surface area (Å²) in [6.07, 6.45) is 1.85. The number of rotatable bonds is 3. The summed E-state index contributed by atoms with van der Waals surface area (Å²) in [5.41, 5.74) is 1.28. The second-order valence-corrected chi connectivity index (χ2v) is 5.46. The van der Waals surface area contributed by atoms with E-state index < -0.39 is 0 Å². The van der Waals surface area contributed by atoms with E-state index in [-0.39, 0.29) is 10.8 Å². The molecule has 0 aliphatic carbocycles. The molecule has 0 saturated heterocycles. The third-order valence-electron chi connectivity index (χ3n) is 2.31. The van der Waals surface area contributed by atoms with Crippen molar-refractivity contribution in [2.24, 2.45) is 5.41 Å². The van der Waals surface area contributed by atoms with Crippen molar-refractivity contribution in [3.8, 4) is 0 Å². The van der Waals surface area contributed by atoms with Gasteiger partial charge in [-0.3, -0.25) is 0 Å². The van der Waals surface area contributed by atoms with Crippen LogP contribution in [0.4, 0.5) is 5.82 Å². The molecule has 84 valence electrons. The summed E-state index contributed by atoms with van der Waals surface area (Å²) >= 11 is 6.25. The lowest BCUT2D eigenvalue weighted by Crippen LogP contribution is -2.28. The molecule has 0 aliphatic heterocycles. The van der Waals surface area contributed by atoms with E-state index in [0.29, 0.717) is 0 Å². The predicted octanol–water partition coefficient (Wildman–Crippen LogP) is 3.46. The minimum atomic E-state index is 0.0978. The van der Waals surface area contributed by atoms with E-state index in [1.807, 2.05) is 25.3 Å². The van der Waals surface area contributed by atoms with Gasteiger partial charge < -0.3 is 5.32 Å². The maximum Gasteiger partial charge on any atom is 0.125 e. The first-order valence-corrected chi connectivity index (χ1v) is 5.64. The van der Waals surface area contributed by atoms with Crippen LogP contribution in [-0.4, -0.2) is 16.9 Å². The highest BCUT2D eigenvalue weighted by molar-refractivity contribution is 6.21. The first kappa shape index (κ1) is 12.3.